The van der Waals surface area contributed by atoms with Gasteiger partial charge in [0.25, 0.3) is 0 Å². The van der Waals surface area contributed by atoms with Crippen LogP contribution < -0.4 is 22.9 Å². The lowest BCUT2D eigenvalue weighted by Gasteiger charge is -2.53. The van der Waals surface area contributed by atoms with Gasteiger partial charge in [-0.3, -0.25) is 14.9 Å². The molecule has 0 heterocycles. The molecule has 8 unspecified atom stereocenters. The highest BCUT2D eigenvalue weighted by Crippen LogP contribution is 2.64. The van der Waals surface area contributed by atoms with Crippen molar-refractivity contribution in [1.82, 2.24) is 4.90 Å². The Kier molecular flexibility index (Phi) is 16.3. The van der Waals surface area contributed by atoms with Gasteiger partial charge < -0.3 is 32.4 Å². The SMILES string of the molecule is CCC(CC1=CCC2C(CCC3(C)C(C(C)CCCC(C)C)CCC23)C1C)OC(=O)OCCN(CCCN=C(N)N)CCCN=C(N)N. The molecule has 0 bridgehead atoms. The molecule has 10 heteroatoms. The van der Waals surface area contributed by atoms with E-state index in [0.717, 1.165) is 74.3 Å². The number of nitrogens with two attached hydrogens (primary N) is 4. The molecular weight excluding hydrogens is 602 g/mol. The van der Waals surface area contributed by atoms with Crippen molar-refractivity contribution in [1.29, 1.82) is 0 Å². The number of guanidine groups is 2. The number of ether oxygens (including phenoxy) is 2. The van der Waals surface area contributed by atoms with Crippen molar-refractivity contribution in [2.24, 2.45) is 79.8 Å². The number of nitrogens with zero attached hydrogens (tertiary/aromatic N) is 3. The third-order valence-electron chi connectivity index (χ3n) is 12.2. The fourth-order valence-electron chi connectivity index (χ4n) is 9.62. The number of fused-ring (bicyclic) bond motifs is 3. The van der Waals surface area contributed by atoms with Crippen LogP contribution in [0, 0.1) is 46.8 Å². The fraction of sp³-hybridized carbons (Fsp3) is 0.868. The molecule has 0 saturated heterocycles. The summed E-state index contributed by atoms with van der Waals surface area (Å²) < 4.78 is 11.4. The van der Waals surface area contributed by atoms with E-state index in [9.17, 15) is 4.79 Å². The van der Waals surface area contributed by atoms with Gasteiger partial charge in [0.1, 0.15) is 12.7 Å². The molecule has 8 N–H and O–H groups in total. The molecular formula is C38H71N7O3. The van der Waals surface area contributed by atoms with Gasteiger partial charge in [0.2, 0.25) is 0 Å². The van der Waals surface area contributed by atoms with Crippen molar-refractivity contribution < 1.29 is 14.3 Å². The van der Waals surface area contributed by atoms with Crippen LogP contribution in [0.15, 0.2) is 21.6 Å². The fourth-order valence-corrected chi connectivity index (χ4v) is 9.62. The highest BCUT2D eigenvalue weighted by molar-refractivity contribution is 5.75. The molecule has 2 fully saturated rings. The van der Waals surface area contributed by atoms with Crippen LogP contribution >= 0.6 is 0 Å². The number of hydrogen-bond donors (Lipinski definition) is 4. The van der Waals surface area contributed by atoms with E-state index in [2.05, 4.69) is 62.5 Å². The third kappa shape index (κ3) is 11.8. The first-order chi connectivity index (χ1) is 22.8. The Hall–Kier alpha value is -2.49. The van der Waals surface area contributed by atoms with Crippen LogP contribution in [0.2, 0.25) is 0 Å². The molecule has 0 aliphatic heterocycles. The molecule has 2 saturated carbocycles. The zero-order valence-electron chi connectivity index (χ0n) is 31.3. The molecule has 0 spiro atoms. The monoisotopic (exact) mass is 674 g/mol. The smallest absolute Gasteiger partial charge is 0.433 e. The Morgan fingerprint density at radius 3 is 2.23 bits per heavy atom. The minimum absolute atomic E-state index is 0.0886. The van der Waals surface area contributed by atoms with E-state index < -0.39 is 6.16 Å². The maximum absolute atomic E-state index is 12.8. The van der Waals surface area contributed by atoms with Crippen molar-refractivity contribution in [2.45, 2.75) is 125 Å². The number of hydrogen-bond acceptors (Lipinski definition) is 6. The Morgan fingerprint density at radius 1 is 0.958 bits per heavy atom. The molecule has 3 aliphatic carbocycles. The van der Waals surface area contributed by atoms with E-state index in [-0.39, 0.29) is 24.6 Å². The van der Waals surface area contributed by atoms with Gasteiger partial charge in [0.15, 0.2) is 11.9 Å². The van der Waals surface area contributed by atoms with Crippen LogP contribution in [0.3, 0.4) is 0 Å². The van der Waals surface area contributed by atoms with Gasteiger partial charge >= 0.3 is 6.16 Å². The van der Waals surface area contributed by atoms with E-state index in [1.807, 2.05) is 0 Å². The van der Waals surface area contributed by atoms with Crippen molar-refractivity contribution >= 4 is 18.1 Å². The van der Waals surface area contributed by atoms with Crippen molar-refractivity contribution in [3.63, 3.8) is 0 Å². The summed E-state index contributed by atoms with van der Waals surface area (Å²) in [5, 5.41) is 0. The number of carbonyl (C=O) groups is 1. The quantitative estimate of drug-likeness (QED) is 0.0377. The minimum atomic E-state index is -0.585. The molecule has 0 radical (unpaired) electrons. The molecule has 0 aromatic rings. The van der Waals surface area contributed by atoms with Gasteiger partial charge in [-0.05, 0) is 98.2 Å². The normalized spacial score (nSPS) is 27.8. The lowest BCUT2D eigenvalue weighted by molar-refractivity contribution is -0.0215. The lowest BCUT2D eigenvalue weighted by atomic mass is 9.52. The highest BCUT2D eigenvalue weighted by Gasteiger charge is 2.55. The summed E-state index contributed by atoms with van der Waals surface area (Å²) in [6, 6.07) is 0. The summed E-state index contributed by atoms with van der Waals surface area (Å²) in [6.07, 6.45) is 15.7. The number of carbonyl (C=O) groups excluding carboxylic acids is 1. The Balaban J connectivity index is 1.49. The number of aliphatic imine (C=N–C) groups is 2. The molecule has 276 valence electrons. The van der Waals surface area contributed by atoms with E-state index in [0.29, 0.717) is 31.0 Å². The lowest BCUT2D eigenvalue weighted by Crippen LogP contribution is -2.45. The minimum Gasteiger partial charge on any atom is -0.433 e. The van der Waals surface area contributed by atoms with Crippen LogP contribution in [0.5, 0.6) is 0 Å². The van der Waals surface area contributed by atoms with E-state index >= 15 is 0 Å². The van der Waals surface area contributed by atoms with Crippen molar-refractivity contribution in [2.75, 3.05) is 39.3 Å². The first kappa shape index (κ1) is 39.9. The Morgan fingerprint density at radius 2 is 1.62 bits per heavy atom. The molecule has 3 rings (SSSR count). The van der Waals surface area contributed by atoms with Crippen LogP contribution in [0.4, 0.5) is 4.79 Å². The van der Waals surface area contributed by atoms with E-state index in [4.69, 9.17) is 32.4 Å². The summed E-state index contributed by atoms with van der Waals surface area (Å²) in [7, 11) is 0. The molecule has 8 atom stereocenters. The van der Waals surface area contributed by atoms with Gasteiger partial charge in [-0.25, -0.2) is 4.79 Å². The molecule has 48 heavy (non-hydrogen) atoms. The topological polar surface area (TPSA) is 168 Å². The predicted molar refractivity (Wildman–Crippen MR) is 198 cm³/mol. The molecule has 0 aromatic heterocycles. The van der Waals surface area contributed by atoms with Crippen LogP contribution in [0.25, 0.3) is 0 Å². The van der Waals surface area contributed by atoms with Gasteiger partial charge in [-0.15, -0.1) is 0 Å². The van der Waals surface area contributed by atoms with Gasteiger partial charge in [0.05, 0.1) is 0 Å². The van der Waals surface area contributed by atoms with Crippen LogP contribution in [-0.2, 0) is 9.47 Å². The second-order valence-electron chi connectivity index (χ2n) is 15.9. The maximum atomic E-state index is 12.8. The Labute approximate surface area is 292 Å². The van der Waals surface area contributed by atoms with E-state index in [1.165, 1.54) is 56.9 Å². The van der Waals surface area contributed by atoms with Gasteiger partial charge in [-0.2, -0.15) is 0 Å². The summed E-state index contributed by atoms with van der Waals surface area (Å²) in [4.78, 5) is 23.1. The maximum Gasteiger partial charge on any atom is 0.508 e. The van der Waals surface area contributed by atoms with Gasteiger partial charge in [-0.1, -0.05) is 72.5 Å². The van der Waals surface area contributed by atoms with Crippen LogP contribution in [0.1, 0.15) is 119 Å². The summed E-state index contributed by atoms with van der Waals surface area (Å²) in [6.45, 7) is 17.9. The predicted octanol–water partition coefficient (Wildman–Crippen LogP) is 6.42. The molecule has 0 amide bonds. The highest BCUT2D eigenvalue weighted by atomic mass is 16.7. The zero-order valence-corrected chi connectivity index (χ0v) is 31.3. The summed E-state index contributed by atoms with van der Waals surface area (Å²) in [5.74, 6) is 5.62. The first-order valence-electron chi connectivity index (χ1n) is 19.2. The Bertz CT molecular complexity index is 1050. The second-order valence-corrected chi connectivity index (χ2v) is 15.9. The van der Waals surface area contributed by atoms with Gasteiger partial charge in [0, 0.05) is 39.1 Å². The molecule has 0 aromatic carbocycles. The van der Waals surface area contributed by atoms with E-state index in [1.54, 1.807) is 0 Å². The summed E-state index contributed by atoms with van der Waals surface area (Å²) >= 11 is 0. The van der Waals surface area contributed by atoms with Crippen LogP contribution in [-0.4, -0.2) is 68.4 Å². The summed E-state index contributed by atoms with van der Waals surface area (Å²) in [5.41, 5.74) is 23.8. The average molecular weight is 674 g/mol. The second kappa shape index (κ2) is 19.6. The molecule has 3 aliphatic rings. The standard InChI is InChI=1S/C38H71N7O3/c1-7-30(48-37(46)47-24-23-45(21-9-19-43-35(39)40)22-10-20-44-36(41)42)25-29-13-14-32-31(28(29)5)17-18-38(6)33(15-16-34(32)38)27(4)12-8-11-26(2)3/h13,26-28,30-34H,7-12,14-25H2,1-6H3,(H4,39,40,43)(H4,41,42,44). The zero-order chi connectivity index (χ0) is 35.3. The molecule has 10 nitrogen and oxygen atoms in total. The average Bonchev–Trinajstić information content (AvgIpc) is 3.38. The third-order valence-corrected chi connectivity index (χ3v) is 12.2. The van der Waals surface area contributed by atoms with Crippen molar-refractivity contribution in [3.8, 4) is 0 Å². The largest absolute Gasteiger partial charge is 0.508 e. The first-order valence-corrected chi connectivity index (χ1v) is 19.2. The van der Waals surface area contributed by atoms with Crippen molar-refractivity contribution in [3.05, 3.63) is 11.6 Å². The number of allylic oxidation sites excluding steroid dienone is 1. The number of rotatable bonds is 20.